The predicted molar refractivity (Wildman–Crippen MR) is 171 cm³/mol. The van der Waals surface area contributed by atoms with Gasteiger partial charge < -0.3 is 50.9 Å². The number of hydrogen-bond acceptors (Lipinski definition) is 18. The molecule has 0 spiro atoms. The lowest BCUT2D eigenvalue weighted by atomic mass is 10.0. The number of aromatic nitrogens is 4. The van der Waals surface area contributed by atoms with Crippen LogP contribution in [0.1, 0.15) is 26.5 Å². The summed E-state index contributed by atoms with van der Waals surface area (Å²) in [5, 5.41) is 26.1. The van der Waals surface area contributed by atoms with Crippen molar-refractivity contribution in [3.8, 4) is 0 Å². The number of aliphatic hydroxyl groups is 2. The molecule has 23 nitrogen and oxygen atoms in total. The van der Waals surface area contributed by atoms with Crippen LogP contribution < -0.4 is 16.4 Å². The fraction of sp³-hybridized carbons (Fsp3) is 0.667. The maximum absolute atomic E-state index is 12.7. The van der Waals surface area contributed by atoms with Crippen molar-refractivity contribution in [1.29, 1.82) is 0 Å². The zero-order valence-electron chi connectivity index (χ0n) is 25.9. The Morgan fingerprint density at radius 3 is 2.47 bits per heavy atom. The highest BCUT2D eigenvalue weighted by Gasteiger charge is 2.51. The zero-order chi connectivity index (χ0) is 36.8. The maximum Gasteiger partial charge on any atom is 0.481 e. The number of anilines is 1. The van der Waals surface area contributed by atoms with Gasteiger partial charge in [0.2, 0.25) is 5.91 Å². The number of phosphoric ester groups is 3. The minimum Gasteiger partial charge on any atom is -0.386 e. The number of nitrogens with one attached hydrogen (secondary N) is 2. The molecule has 49 heavy (non-hydrogen) atoms. The van der Waals surface area contributed by atoms with Crippen LogP contribution in [0.15, 0.2) is 12.7 Å². The lowest BCUT2D eigenvalue weighted by molar-refractivity contribution is -0.140. The number of imidazole rings is 1. The van der Waals surface area contributed by atoms with E-state index in [4.69, 9.17) is 19.5 Å². The topological polar surface area (TPSA) is 347 Å². The third-order valence-corrected chi connectivity index (χ3v) is 11.5. The molecule has 1 aliphatic heterocycles. The van der Waals surface area contributed by atoms with Gasteiger partial charge in [0.1, 0.15) is 35.8 Å². The molecule has 7 atom stereocenters. The van der Waals surface area contributed by atoms with Crippen LogP contribution in [0.25, 0.3) is 11.2 Å². The van der Waals surface area contributed by atoms with Gasteiger partial charge in [0.05, 0.1) is 12.9 Å². The standard InChI is InChI=1S/C21H36N7O16P3S2/c1-21(2,16(31)19(32)24-5-4-12(29)23-6-7-49-48-3)43-47(38,39)44-46(36,37)40-8-11-15(42-45(33,34)35)14(30)20(41-11)28-10-27-13-17(22)25-9-26-18(13)28/h9-11,14-16,20,30-31H,4-8H2,1-3H3,(H,23,29)(H,24,32)(H,36,37)(H,38,39)(H2,22,25,26)(H2,33,34,35). The van der Waals surface area contributed by atoms with Gasteiger partial charge in [-0.1, -0.05) is 21.6 Å². The molecule has 0 bridgehead atoms. The zero-order valence-corrected chi connectivity index (χ0v) is 30.2. The summed E-state index contributed by atoms with van der Waals surface area (Å²) in [5.74, 6) is -0.859. The van der Waals surface area contributed by atoms with Crippen molar-refractivity contribution in [2.75, 3.05) is 37.4 Å². The highest BCUT2D eigenvalue weighted by atomic mass is 33.1. The van der Waals surface area contributed by atoms with Gasteiger partial charge in [-0.2, -0.15) is 4.31 Å². The number of aliphatic hydroxyl groups excluding tert-OH is 2. The minimum absolute atomic E-state index is 0.0305. The molecule has 2 amide bonds. The molecular formula is C21H36N7O16P3S2. The number of rotatable bonds is 19. The number of carbonyl (C=O) groups is 2. The van der Waals surface area contributed by atoms with E-state index in [2.05, 4.69) is 34.4 Å². The molecule has 10 N–H and O–H groups in total. The monoisotopic (exact) mass is 799 g/mol. The number of phosphoric acid groups is 3. The third kappa shape index (κ3) is 12.2. The fourth-order valence-electron chi connectivity index (χ4n) is 4.23. The van der Waals surface area contributed by atoms with Crippen LogP contribution in [0.5, 0.6) is 0 Å². The van der Waals surface area contributed by atoms with Crippen LogP contribution in [0.3, 0.4) is 0 Å². The van der Waals surface area contributed by atoms with E-state index < -0.39 is 72.2 Å². The van der Waals surface area contributed by atoms with Gasteiger partial charge in [-0.15, -0.1) is 0 Å². The van der Waals surface area contributed by atoms with Crippen LogP contribution in [-0.2, 0) is 45.9 Å². The van der Waals surface area contributed by atoms with Crippen LogP contribution in [0.4, 0.5) is 5.82 Å². The van der Waals surface area contributed by atoms with Crippen molar-refractivity contribution in [3.63, 3.8) is 0 Å². The van der Waals surface area contributed by atoms with Gasteiger partial charge >= 0.3 is 23.5 Å². The van der Waals surface area contributed by atoms with Crippen molar-refractivity contribution in [3.05, 3.63) is 12.7 Å². The van der Waals surface area contributed by atoms with E-state index in [9.17, 15) is 53.1 Å². The Kier molecular flexibility index (Phi) is 14.6. The van der Waals surface area contributed by atoms with Gasteiger partial charge in [0, 0.05) is 25.3 Å². The Labute approximate surface area is 285 Å². The van der Waals surface area contributed by atoms with Crippen LogP contribution in [0, 0.1) is 0 Å². The molecule has 1 fully saturated rings. The number of ether oxygens (including phenoxy) is 1. The fourth-order valence-corrected chi connectivity index (χ4v) is 8.30. The lowest BCUT2D eigenvalue weighted by Gasteiger charge is -2.31. The number of carbonyl (C=O) groups excluding carboxylic acids is 2. The summed E-state index contributed by atoms with van der Waals surface area (Å²) in [4.78, 5) is 75.1. The Bertz CT molecular complexity index is 1620. The Balaban J connectivity index is 1.61. The van der Waals surface area contributed by atoms with Gasteiger partial charge in [-0.25, -0.2) is 28.6 Å². The molecule has 2 aromatic heterocycles. The van der Waals surface area contributed by atoms with Crippen molar-refractivity contribution < 1.29 is 75.7 Å². The summed E-state index contributed by atoms with van der Waals surface area (Å²) >= 11 is 0. The number of nitrogens with two attached hydrogens (primary N) is 1. The average molecular weight is 800 g/mol. The molecule has 1 saturated heterocycles. The lowest BCUT2D eigenvalue weighted by Crippen LogP contribution is -2.49. The molecule has 0 aliphatic carbocycles. The van der Waals surface area contributed by atoms with Gasteiger partial charge in [-0.05, 0) is 20.1 Å². The number of nitrogens with zero attached hydrogens (tertiary/aromatic N) is 4. The van der Waals surface area contributed by atoms with Crippen molar-refractivity contribution >= 4 is 73.9 Å². The predicted octanol–water partition coefficient (Wildman–Crippen LogP) is -0.831. The summed E-state index contributed by atoms with van der Waals surface area (Å²) < 4.78 is 62.0. The number of hydrogen-bond donors (Lipinski definition) is 9. The minimum atomic E-state index is -5.63. The molecule has 3 heterocycles. The van der Waals surface area contributed by atoms with Crippen LogP contribution in [0.2, 0.25) is 0 Å². The summed E-state index contributed by atoms with van der Waals surface area (Å²) in [6.45, 7) is 1.04. The highest BCUT2D eigenvalue weighted by Crippen LogP contribution is 2.62. The first-order valence-electron chi connectivity index (χ1n) is 13.8. The maximum atomic E-state index is 12.7. The average Bonchev–Trinajstić information content (AvgIpc) is 3.53. The number of fused-ring (bicyclic) bond motifs is 1. The molecule has 2 aromatic rings. The van der Waals surface area contributed by atoms with Crippen molar-refractivity contribution in [1.82, 2.24) is 30.2 Å². The second-order valence-electron chi connectivity index (χ2n) is 10.5. The van der Waals surface area contributed by atoms with Crippen LogP contribution in [-0.4, -0.2) is 123 Å². The van der Waals surface area contributed by atoms with E-state index in [0.717, 1.165) is 31.1 Å². The number of amides is 2. The van der Waals surface area contributed by atoms with E-state index in [1.807, 2.05) is 6.26 Å². The quantitative estimate of drug-likeness (QED) is 0.0475. The first-order valence-corrected chi connectivity index (χ1v) is 21.0. The first kappa shape index (κ1) is 41.7. The smallest absolute Gasteiger partial charge is 0.386 e. The largest absolute Gasteiger partial charge is 0.481 e. The number of nitrogen functional groups attached to an aromatic ring is 1. The van der Waals surface area contributed by atoms with Crippen molar-refractivity contribution in [2.45, 2.75) is 56.5 Å². The normalized spacial score (nSPS) is 23.1. The molecule has 0 radical (unpaired) electrons. The van der Waals surface area contributed by atoms with E-state index in [1.165, 1.54) is 21.6 Å². The summed E-state index contributed by atoms with van der Waals surface area (Å²) in [5.41, 5.74) is 3.65. The summed E-state index contributed by atoms with van der Waals surface area (Å²) in [6.07, 6.45) is -5.28. The Hall–Kier alpha value is -1.76. The molecule has 3 rings (SSSR count). The summed E-state index contributed by atoms with van der Waals surface area (Å²) in [6, 6.07) is 0. The highest BCUT2D eigenvalue weighted by molar-refractivity contribution is 8.76. The van der Waals surface area contributed by atoms with E-state index in [-0.39, 0.29) is 35.9 Å². The second kappa shape index (κ2) is 17.2. The van der Waals surface area contributed by atoms with Gasteiger partial charge in [0.25, 0.3) is 5.91 Å². The van der Waals surface area contributed by atoms with Crippen LogP contribution >= 0.6 is 45.1 Å². The van der Waals surface area contributed by atoms with E-state index >= 15 is 0 Å². The Morgan fingerprint density at radius 2 is 1.82 bits per heavy atom. The van der Waals surface area contributed by atoms with Crippen molar-refractivity contribution in [2.24, 2.45) is 0 Å². The van der Waals surface area contributed by atoms with Gasteiger partial charge in [0.15, 0.2) is 23.8 Å². The second-order valence-corrected chi connectivity index (χ2v) is 17.3. The molecule has 0 aromatic carbocycles. The first-order chi connectivity index (χ1) is 22.7. The SMILES string of the molecule is CSSCCNC(=O)CCNC(=O)C(O)C(C)(C)OP(=O)(O)OP(=O)(O)OCC1OC(n2cnc3c(N)ncnc32)C(O)C1OP(=O)(O)O. The molecular weight excluding hydrogens is 763 g/mol. The Morgan fingerprint density at radius 1 is 1.12 bits per heavy atom. The van der Waals surface area contributed by atoms with E-state index in [1.54, 1.807) is 0 Å². The van der Waals surface area contributed by atoms with Gasteiger partial charge in [-0.3, -0.25) is 27.7 Å². The summed E-state index contributed by atoms with van der Waals surface area (Å²) in [7, 11) is -13.5. The molecule has 7 unspecified atom stereocenters. The molecule has 1 aliphatic rings. The molecule has 0 saturated carbocycles. The molecule has 278 valence electrons. The molecule has 28 heteroatoms. The van der Waals surface area contributed by atoms with E-state index in [0.29, 0.717) is 12.3 Å². The third-order valence-electron chi connectivity index (χ3n) is 6.37.